The molecule has 0 unspecified atom stereocenters. The summed E-state index contributed by atoms with van der Waals surface area (Å²) in [5.74, 6) is -0.733. The van der Waals surface area contributed by atoms with Gasteiger partial charge in [-0.25, -0.2) is 14.6 Å². The molecule has 0 atom stereocenters. The Kier molecular flexibility index (Phi) is 3.92. The Hall–Kier alpha value is -4.01. The van der Waals surface area contributed by atoms with Crippen LogP contribution in [0.2, 0.25) is 0 Å². The first kappa shape index (κ1) is 17.4. The van der Waals surface area contributed by atoms with Gasteiger partial charge in [0.15, 0.2) is 5.65 Å². The van der Waals surface area contributed by atoms with E-state index in [9.17, 15) is 19.2 Å². The summed E-state index contributed by atoms with van der Waals surface area (Å²) in [5, 5.41) is 3.20. The van der Waals surface area contributed by atoms with Crippen LogP contribution in [0.15, 0.2) is 61.4 Å². The summed E-state index contributed by atoms with van der Waals surface area (Å²) in [6.07, 6.45) is 1.36. The zero-order chi connectivity index (χ0) is 20.0. The average Bonchev–Trinajstić information content (AvgIpc) is 2.69. The molecule has 1 amide bonds. The van der Waals surface area contributed by atoms with Gasteiger partial charge >= 0.3 is 11.3 Å². The van der Waals surface area contributed by atoms with E-state index in [1.54, 1.807) is 24.3 Å². The lowest BCUT2D eigenvalue weighted by molar-refractivity contribution is 0.102. The molecule has 28 heavy (non-hydrogen) atoms. The predicted octanol–water partition coefficient (Wildman–Crippen LogP) is 0.991. The van der Waals surface area contributed by atoms with Gasteiger partial charge in [-0.1, -0.05) is 18.2 Å². The van der Waals surface area contributed by atoms with Crippen molar-refractivity contribution in [1.29, 1.82) is 0 Å². The third-order valence-corrected chi connectivity index (χ3v) is 4.48. The minimum atomic E-state index is -0.796. The van der Waals surface area contributed by atoms with Crippen molar-refractivity contribution in [2.75, 3.05) is 5.32 Å². The third-order valence-electron chi connectivity index (χ3n) is 4.48. The van der Waals surface area contributed by atoms with Gasteiger partial charge in [0.05, 0.1) is 5.69 Å². The molecule has 1 aromatic carbocycles. The smallest absolute Gasteiger partial charge is 0.349 e. The molecule has 9 heteroatoms. The molecule has 0 saturated carbocycles. The van der Waals surface area contributed by atoms with E-state index in [0.29, 0.717) is 11.0 Å². The largest absolute Gasteiger partial charge is 0.422 e. The Labute approximate surface area is 156 Å². The van der Waals surface area contributed by atoms with Crippen molar-refractivity contribution in [3.63, 3.8) is 0 Å². The van der Waals surface area contributed by atoms with Crippen LogP contribution < -0.4 is 22.2 Å². The molecule has 0 radical (unpaired) electrons. The molecule has 0 saturated heterocycles. The number of benzene rings is 1. The third kappa shape index (κ3) is 2.60. The summed E-state index contributed by atoms with van der Waals surface area (Å²) >= 11 is 0. The lowest BCUT2D eigenvalue weighted by Crippen LogP contribution is -2.37. The van der Waals surface area contributed by atoms with Crippen LogP contribution in [0.1, 0.15) is 10.4 Å². The van der Waals surface area contributed by atoms with E-state index in [-0.39, 0.29) is 22.3 Å². The number of amides is 1. The Morgan fingerprint density at radius 2 is 1.82 bits per heavy atom. The molecule has 0 aliphatic rings. The number of hydrogen-bond acceptors (Lipinski definition) is 6. The Bertz CT molecular complexity index is 1450. The fourth-order valence-electron chi connectivity index (χ4n) is 3.00. The van der Waals surface area contributed by atoms with E-state index in [1.165, 1.54) is 37.0 Å². The van der Waals surface area contributed by atoms with Crippen LogP contribution in [0.4, 0.5) is 5.69 Å². The highest BCUT2D eigenvalue weighted by atomic mass is 16.4. The summed E-state index contributed by atoms with van der Waals surface area (Å²) in [6.45, 7) is 0. The van der Waals surface area contributed by atoms with Gasteiger partial charge < -0.3 is 9.73 Å². The van der Waals surface area contributed by atoms with E-state index in [0.717, 1.165) is 4.57 Å². The molecule has 0 aliphatic heterocycles. The molecule has 0 spiro atoms. The summed E-state index contributed by atoms with van der Waals surface area (Å²) < 4.78 is 7.30. The van der Waals surface area contributed by atoms with Crippen molar-refractivity contribution in [2.24, 2.45) is 14.1 Å². The Morgan fingerprint density at radius 1 is 1.07 bits per heavy atom. The zero-order valence-corrected chi connectivity index (χ0v) is 14.9. The molecule has 0 bridgehead atoms. The number of hydrogen-bond donors (Lipinski definition) is 1. The maximum atomic E-state index is 12.7. The maximum Gasteiger partial charge on any atom is 0.349 e. The van der Waals surface area contributed by atoms with Crippen molar-refractivity contribution >= 4 is 33.6 Å². The number of carbonyl (C=O) groups excluding carboxylic acids is 1. The van der Waals surface area contributed by atoms with E-state index in [1.807, 2.05) is 0 Å². The van der Waals surface area contributed by atoms with Gasteiger partial charge in [0, 0.05) is 25.7 Å². The van der Waals surface area contributed by atoms with Crippen molar-refractivity contribution < 1.29 is 9.21 Å². The number of carbonyl (C=O) groups is 1. The van der Waals surface area contributed by atoms with E-state index in [4.69, 9.17) is 4.42 Å². The first-order chi connectivity index (χ1) is 13.4. The van der Waals surface area contributed by atoms with Crippen LogP contribution in [0.5, 0.6) is 0 Å². The van der Waals surface area contributed by atoms with Gasteiger partial charge in [-0.05, 0) is 18.2 Å². The molecule has 9 nitrogen and oxygen atoms in total. The second-order valence-electron chi connectivity index (χ2n) is 6.20. The van der Waals surface area contributed by atoms with Crippen molar-refractivity contribution in [1.82, 2.24) is 14.1 Å². The van der Waals surface area contributed by atoms with Gasteiger partial charge in [-0.3, -0.25) is 18.7 Å². The van der Waals surface area contributed by atoms with Crippen molar-refractivity contribution in [3.05, 3.63) is 79.4 Å². The van der Waals surface area contributed by atoms with Crippen LogP contribution in [-0.4, -0.2) is 20.0 Å². The van der Waals surface area contributed by atoms with Gasteiger partial charge in [-0.15, -0.1) is 0 Å². The van der Waals surface area contributed by atoms with Crippen LogP contribution in [0.25, 0.3) is 22.0 Å². The molecular weight excluding hydrogens is 364 g/mol. The number of anilines is 1. The molecule has 4 rings (SSSR count). The van der Waals surface area contributed by atoms with Gasteiger partial charge in [0.2, 0.25) is 0 Å². The standard InChI is InChI=1S/C19H14N4O5/c1-22-15-14(17(25)23(2)19(22)27)12(7-8-20-15)21-16(24)11-9-10-5-3-4-6-13(10)28-18(11)26/h3-9H,1-2H3,(H,20,21,24). The number of rotatable bonds is 2. The number of aryl methyl sites for hydroxylation is 1. The van der Waals surface area contributed by atoms with Crippen LogP contribution in [0.3, 0.4) is 0 Å². The molecular formula is C19H14N4O5. The van der Waals surface area contributed by atoms with E-state index >= 15 is 0 Å². The number of nitrogens with zero attached hydrogens (tertiary/aromatic N) is 3. The monoisotopic (exact) mass is 378 g/mol. The van der Waals surface area contributed by atoms with Gasteiger partial charge in [0.1, 0.15) is 16.5 Å². The van der Waals surface area contributed by atoms with Crippen LogP contribution in [0, 0.1) is 0 Å². The summed E-state index contributed by atoms with van der Waals surface area (Å²) in [5.41, 5.74) is -1.52. The minimum Gasteiger partial charge on any atom is -0.422 e. The number of para-hydroxylation sites is 1. The molecule has 4 aromatic rings. The zero-order valence-electron chi connectivity index (χ0n) is 14.9. The Balaban J connectivity index is 1.86. The van der Waals surface area contributed by atoms with Gasteiger partial charge in [0.25, 0.3) is 11.5 Å². The topological polar surface area (TPSA) is 116 Å². The number of fused-ring (bicyclic) bond motifs is 2. The Morgan fingerprint density at radius 3 is 2.61 bits per heavy atom. The van der Waals surface area contributed by atoms with Crippen LogP contribution in [-0.2, 0) is 14.1 Å². The van der Waals surface area contributed by atoms with Crippen LogP contribution >= 0.6 is 0 Å². The number of aromatic nitrogens is 3. The highest BCUT2D eigenvalue weighted by Crippen LogP contribution is 2.18. The molecule has 140 valence electrons. The first-order valence-corrected chi connectivity index (χ1v) is 8.27. The lowest BCUT2D eigenvalue weighted by Gasteiger charge is -2.11. The van der Waals surface area contributed by atoms with E-state index < -0.39 is 22.8 Å². The first-order valence-electron chi connectivity index (χ1n) is 8.27. The highest BCUT2D eigenvalue weighted by molar-refractivity contribution is 6.08. The second kappa shape index (κ2) is 6.31. The SMILES string of the molecule is Cn1c(=O)c2c(NC(=O)c3cc4ccccc4oc3=O)ccnc2n(C)c1=O. The fourth-order valence-corrected chi connectivity index (χ4v) is 3.00. The number of pyridine rings is 1. The summed E-state index contributed by atoms with van der Waals surface area (Å²) in [7, 11) is 2.81. The molecule has 0 fully saturated rings. The maximum absolute atomic E-state index is 12.7. The van der Waals surface area contributed by atoms with Gasteiger partial charge in [-0.2, -0.15) is 0 Å². The van der Waals surface area contributed by atoms with Crippen molar-refractivity contribution in [2.45, 2.75) is 0 Å². The average molecular weight is 378 g/mol. The summed E-state index contributed by atoms with van der Waals surface area (Å²) in [4.78, 5) is 53.6. The summed E-state index contributed by atoms with van der Waals surface area (Å²) in [6, 6.07) is 9.66. The van der Waals surface area contributed by atoms with E-state index in [2.05, 4.69) is 10.3 Å². The number of nitrogens with one attached hydrogen (secondary N) is 1. The molecule has 3 aromatic heterocycles. The lowest BCUT2D eigenvalue weighted by atomic mass is 10.1. The fraction of sp³-hybridized carbons (Fsp3) is 0.105. The van der Waals surface area contributed by atoms with Crippen molar-refractivity contribution in [3.8, 4) is 0 Å². The second-order valence-corrected chi connectivity index (χ2v) is 6.20. The molecule has 0 aliphatic carbocycles. The quantitative estimate of drug-likeness (QED) is 0.520. The normalized spacial score (nSPS) is 11.1. The molecule has 1 N–H and O–H groups in total. The molecule has 3 heterocycles. The predicted molar refractivity (Wildman–Crippen MR) is 103 cm³/mol. The minimum absolute atomic E-state index is 0.0608. The highest BCUT2D eigenvalue weighted by Gasteiger charge is 2.18.